The second-order valence-electron chi connectivity index (χ2n) is 4.48. The number of hydrogen-bond donors (Lipinski definition) is 2. The van der Waals surface area contributed by atoms with Crippen LogP contribution in [0.1, 0.15) is 25.0 Å². The zero-order valence-electron chi connectivity index (χ0n) is 9.99. The molecule has 0 saturated heterocycles. The minimum atomic E-state index is -0.323. The molecule has 1 aromatic carbocycles. The van der Waals surface area contributed by atoms with Gasteiger partial charge < -0.3 is 11.1 Å². The summed E-state index contributed by atoms with van der Waals surface area (Å²) in [6.45, 7) is 5.34. The summed E-state index contributed by atoms with van der Waals surface area (Å²) in [7, 11) is 0. The van der Waals surface area contributed by atoms with Crippen molar-refractivity contribution in [3.05, 3.63) is 35.4 Å². The molecule has 0 atom stereocenters. The first-order valence-electron chi connectivity index (χ1n) is 5.64. The number of amides is 1. The van der Waals surface area contributed by atoms with Crippen LogP contribution in [0.15, 0.2) is 24.3 Å². The van der Waals surface area contributed by atoms with Gasteiger partial charge in [0.05, 0.1) is 6.54 Å². The molecule has 0 aliphatic rings. The van der Waals surface area contributed by atoms with Crippen LogP contribution in [0.2, 0.25) is 0 Å². The topological polar surface area (TPSA) is 55.1 Å². The van der Waals surface area contributed by atoms with Crippen molar-refractivity contribution in [1.82, 2.24) is 5.32 Å². The minimum absolute atomic E-state index is 0.230. The van der Waals surface area contributed by atoms with Crippen LogP contribution in [0, 0.1) is 5.92 Å². The van der Waals surface area contributed by atoms with Crippen molar-refractivity contribution >= 4 is 5.91 Å². The predicted molar refractivity (Wildman–Crippen MR) is 65.9 cm³/mol. The molecule has 0 fully saturated rings. The quantitative estimate of drug-likeness (QED) is 0.762. The number of rotatable bonds is 6. The largest absolute Gasteiger partial charge is 0.369 e. The first kappa shape index (κ1) is 12.7. The lowest BCUT2D eigenvalue weighted by atomic mass is 10.0. The molecule has 16 heavy (non-hydrogen) atoms. The van der Waals surface area contributed by atoms with E-state index in [-0.39, 0.29) is 12.5 Å². The number of nitrogens with two attached hydrogens (primary N) is 1. The molecule has 0 aliphatic carbocycles. The maximum Gasteiger partial charge on any atom is 0.231 e. The lowest BCUT2D eigenvalue weighted by Gasteiger charge is -2.07. The molecule has 0 unspecified atom stereocenters. The molecule has 1 rings (SSSR count). The molecule has 1 aromatic rings. The number of benzene rings is 1. The summed E-state index contributed by atoms with van der Waals surface area (Å²) >= 11 is 0. The van der Waals surface area contributed by atoms with E-state index >= 15 is 0 Å². The predicted octanol–water partition coefficient (Wildman–Crippen LogP) is 1.46. The van der Waals surface area contributed by atoms with Crippen molar-refractivity contribution in [3.8, 4) is 0 Å². The number of nitrogens with one attached hydrogen (secondary N) is 1. The number of carbonyl (C=O) groups excluding carboxylic acids is 1. The van der Waals surface area contributed by atoms with Gasteiger partial charge in [0.2, 0.25) is 5.91 Å². The molecule has 88 valence electrons. The van der Waals surface area contributed by atoms with Crippen molar-refractivity contribution in [2.75, 3.05) is 6.54 Å². The Morgan fingerprint density at radius 2 is 1.81 bits per heavy atom. The fourth-order valence-corrected chi connectivity index (χ4v) is 1.59. The van der Waals surface area contributed by atoms with E-state index in [4.69, 9.17) is 5.73 Å². The van der Waals surface area contributed by atoms with Gasteiger partial charge in [0.15, 0.2) is 0 Å². The Bertz CT molecular complexity index is 330. The smallest absolute Gasteiger partial charge is 0.231 e. The van der Waals surface area contributed by atoms with Gasteiger partial charge in [-0.3, -0.25) is 4.79 Å². The van der Waals surface area contributed by atoms with E-state index in [0.717, 1.165) is 6.42 Å². The van der Waals surface area contributed by atoms with Gasteiger partial charge in [0.1, 0.15) is 0 Å². The number of carbonyl (C=O) groups is 1. The van der Waals surface area contributed by atoms with Gasteiger partial charge in [-0.15, -0.1) is 0 Å². The monoisotopic (exact) mass is 220 g/mol. The number of hydrogen-bond acceptors (Lipinski definition) is 2. The Morgan fingerprint density at radius 3 is 2.31 bits per heavy atom. The Labute approximate surface area is 97.0 Å². The average molecular weight is 220 g/mol. The Hall–Kier alpha value is -1.35. The van der Waals surface area contributed by atoms with E-state index in [2.05, 4.69) is 43.4 Å². The first-order chi connectivity index (χ1) is 7.58. The van der Waals surface area contributed by atoms with E-state index < -0.39 is 0 Å². The molecule has 3 heteroatoms. The van der Waals surface area contributed by atoms with Gasteiger partial charge in [-0.1, -0.05) is 38.1 Å². The van der Waals surface area contributed by atoms with Gasteiger partial charge in [-0.2, -0.15) is 0 Å². The van der Waals surface area contributed by atoms with Crippen molar-refractivity contribution in [3.63, 3.8) is 0 Å². The van der Waals surface area contributed by atoms with Crippen molar-refractivity contribution in [2.45, 2.75) is 26.8 Å². The second-order valence-corrected chi connectivity index (χ2v) is 4.48. The highest BCUT2D eigenvalue weighted by molar-refractivity contribution is 5.75. The van der Waals surface area contributed by atoms with Crippen LogP contribution in [0.25, 0.3) is 0 Å². The molecular weight excluding hydrogens is 200 g/mol. The van der Waals surface area contributed by atoms with Gasteiger partial charge in [0, 0.05) is 6.54 Å². The lowest BCUT2D eigenvalue weighted by Crippen LogP contribution is -2.28. The van der Waals surface area contributed by atoms with E-state index in [9.17, 15) is 4.79 Å². The van der Waals surface area contributed by atoms with Gasteiger partial charge in [-0.05, 0) is 23.5 Å². The van der Waals surface area contributed by atoms with Crippen molar-refractivity contribution in [1.29, 1.82) is 0 Å². The van der Waals surface area contributed by atoms with Crippen LogP contribution in [0.3, 0.4) is 0 Å². The SMILES string of the molecule is CC(C)Cc1ccc(CNCC(N)=O)cc1. The summed E-state index contributed by atoms with van der Waals surface area (Å²) in [6, 6.07) is 8.46. The van der Waals surface area contributed by atoms with Crippen LogP contribution in [-0.2, 0) is 17.8 Å². The normalized spacial score (nSPS) is 10.7. The van der Waals surface area contributed by atoms with Crippen molar-refractivity contribution in [2.24, 2.45) is 11.7 Å². The number of primary amides is 1. The molecule has 0 aromatic heterocycles. The first-order valence-corrected chi connectivity index (χ1v) is 5.64. The zero-order chi connectivity index (χ0) is 12.0. The summed E-state index contributed by atoms with van der Waals surface area (Å²) in [4.78, 5) is 10.5. The fourth-order valence-electron chi connectivity index (χ4n) is 1.59. The molecule has 0 aliphatic heterocycles. The summed E-state index contributed by atoms with van der Waals surface area (Å²) < 4.78 is 0. The summed E-state index contributed by atoms with van der Waals surface area (Å²) in [5.41, 5.74) is 7.56. The third-order valence-electron chi connectivity index (χ3n) is 2.30. The molecule has 3 nitrogen and oxygen atoms in total. The Balaban J connectivity index is 2.42. The van der Waals surface area contributed by atoms with Gasteiger partial charge in [0.25, 0.3) is 0 Å². The van der Waals surface area contributed by atoms with Gasteiger partial charge in [-0.25, -0.2) is 0 Å². The maximum absolute atomic E-state index is 10.5. The highest BCUT2D eigenvalue weighted by atomic mass is 16.1. The molecular formula is C13H20N2O. The second kappa shape index (κ2) is 6.28. The molecule has 0 spiro atoms. The van der Waals surface area contributed by atoms with Crippen LogP contribution in [0.5, 0.6) is 0 Å². The molecule has 0 heterocycles. The molecule has 1 amide bonds. The Morgan fingerprint density at radius 1 is 1.25 bits per heavy atom. The van der Waals surface area contributed by atoms with Crippen LogP contribution in [-0.4, -0.2) is 12.5 Å². The van der Waals surface area contributed by atoms with Gasteiger partial charge >= 0.3 is 0 Å². The third kappa shape index (κ3) is 4.94. The standard InChI is InChI=1S/C13H20N2O/c1-10(2)7-11-3-5-12(6-4-11)8-15-9-13(14)16/h3-6,10,15H,7-9H2,1-2H3,(H2,14,16). The van der Waals surface area contributed by atoms with Crippen LogP contribution >= 0.6 is 0 Å². The zero-order valence-corrected chi connectivity index (χ0v) is 9.99. The summed E-state index contributed by atoms with van der Waals surface area (Å²) in [5, 5.41) is 2.99. The maximum atomic E-state index is 10.5. The lowest BCUT2D eigenvalue weighted by molar-refractivity contribution is -0.117. The highest BCUT2D eigenvalue weighted by Gasteiger charge is 1.98. The third-order valence-corrected chi connectivity index (χ3v) is 2.30. The van der Waals surface area contributed by atoms with Crippen molar-refractivity contribution < 1.29 is 4.79 Å². The van der Waals surface area contributed by atoms with Crippen LogP contribution in [0.4, 0.5) is 0 Å². The van der Waals surface area contributed by atoms with E-state index in [1.54, 1.807) is 0 Å². The van der Waals surface area contributed by atoms with E-state index in [1.165, 1.54) is 11.1 Å². The molecule has 3 N–H and O–H groups in total. The van der Waals surface area contributed by atoms with E-state index in [1.807, 2.05) is 0 Å². The van der Waals surface area contributed by atoms with Crippen LogP contribution < -0.4 is 11.1 Å². The average Bonchev–Trinajstić information content (AvgIpc) is 2.19. The molecule has 0 bridgehead atoms. The summed E-state index contributed by atoms with van der Waals surface area (Å²) in [6.07, 6.45) is 1.11. The summed E-state index contributed by atoms with van der Waals surface area (Å²) in [5.74, 6) is 0.357. The minimum Gasteiger partial charge on any atom is -0.369 e. The highest BCUT2D eigenvalue weighted by Crippen LogP contribution is 2.09. The fraction of sp³-hybridized carbons (Fsp3) is 0.462. The van der Waals surface area contributed by atoms with E-state index in [0.29, 0.717) is 12.5 Å². The Kier molecular flexibility index (Phi) is 4.99. The molecule has 0 saturated carbocycles. The molecule has 0 radical (unpaired) electrons.